The number of unbranched alkanes of at least 4 members (excludes halogenated alkanes) is 1. The molecule has 1 rings (SSSR count). The van der Waals surface area contributed by atoms with Crippen molar-refractivity contribution >= 4 is 0 Å². The molecule has 1 fully saturated rings. The molecule has 0 amide bonds. The summed E-state index contributed by atoms with van der Waals surface area (Å²) in [7, 11) is 0. The number of nitrogens with one attached hydrogen (secondary N) is 2. The van der Waals surface area contributed by atoms with Crippen molar-refractivity contribution in [3.8, 4) is 0 Å². The van der Waals surface area contributed by atoms with E-state index in [1.54, 1.807) is 0 Å². The van der Waals surface area contributed by atoms with E-state index in [0.29, 0.717) is 18.1 Å². The molecule has 72 valence electrons. The van der Waals surface area contributed by atoms with Gasteiger partial charge in [-0.1, -0.05) is 19.8 Å². The molecular weight excluding hydrogens is 148 g/mol. The molecule has 1 saturated heterocycles. The Labute approximate surface area is 76.1 Å². The maximum absolute atomic E-state index is 3.64. The Morgan fingerprint density at radius 3 is 2.75 bits per heavy atom. The van der Waals surface area contributed by atoms with E-state index in [0.717, 1.165) is 6.54 Å². The first kappa shape index (κ1) is 10.0. The third-order valence-electron chi connectivity index (χ3n) is 2.72. The summed E-state index contributed by atoms with van der Waals surface area (Å²) >= 11 is 0. The van der Waals surface area contributed by atoms with E-state index < -0.39 is 0 Å². The van der Waals surface area contributed by atoms with Crippen LogP contribution < -0.4 is 10.6 Å². The van der Waals surface area contributed by atoms with Gasteiger partial charge in [0, 0.05) is 24.7 Å². The lowest BCUT2D eigenvalue weighted by Gasteiger charge is -2.35. The first-order valence-electron chi connectivity index (χ1n) is 5.23. The maximum atomic E-state index is 3.64. The Bertz CT molecular complexity index is 125. The van der Waals surface area contributed by atoms with Gasteiger partial charge in [0.05, 0.1) is 0 Å². The van der Waals surface area contributed by atoms with E-state index in [1.165, 1.54) is 19.3 Å². The lowest BCUT2D eigenvalue weighted by molar-refractivity contribution is 0.274. The Hall–Kier alpha value is -0.0800. The first-order valence-corrected chi connectivity index (χ1v) is 5.23. The maximum Gasteiger partial charge on any atom is 0.0221 e. The van der Waals surface area contributed by atoms with Gasteiger partial charge in [0.2, 0.25) is 0 Å². The minimum Gasteiger partial charge on any atom is -0.311 e. The number of hydrogen-bond acceptors (Lipinski definition) is 2. The molecule has 0 aromatic heterocycles. The summed E-state index contributed by atoms with van der Waals surface area (Å²) in [6.45, 7) is 7.89. The van der Waals surface area contributed by atoms with Crippen molar-refractivity contribution in [2.45, 2.75) is 58.2 Å². The largest absolute Gasteiger partial charge is 0.311 e. The number of hydrogen-bond donors (Lipinski definition) is 2. The van der Waals surface area contributed by atoms with Gasteiger partial charge in [0.1, 0.15) is 0 Å². The second kappa shape index (κ2) is 4.83. The van der Waals surface area contributed by atoms with Crippen LogP contribution in [0.15, 0.2) is 0 Å². The standard InChI is InChI=1S/C10H22N2/c1-4-5-6-10-9(3)11-7-8(2)12-10/h8-12H,4-7H2,1-3H3. The van der Waals surface area contributed by atoms with Gasteiger partial charge in [0.15, 0.2) is 0 Å². The molecule has 1 aliphatic heterocycles. The molecule has 0 aromatic rings. The van der Waals surface area contributed by atoms with Crippen LogP contribution in [0.25, 0.3) is 0 Å². The van der Waals surface area contributed by atoms with Crippen LogP contribution in [0.5, 0.6) is 0 Å². The van der Waals surface area contributed by atoms with Crippen molar-refractivity contribution in [3.05, 3.63) is 0 Å². The fraction of sp³-hybridized carbons (Fsp3) is 1.00. The van der Waals surface area contributed by atoms with E-state index in [4.69, 9.17) is 0 Å². The summed E-state index contributed by atoms with van der Waals surface area (Å²) in [6, 6.07) is 1.98. The Morgan fingerprint density at radius 2 is 2.08 bits per heavy atom. The molecule has 2 N–H and O–H groups in total. The third-order valence-corrected chi connectivity index (χ3v) is 2.72. The molecular formula is C10H22N2. The topological polar surface area (TPSA) is 24.1 Å². The van der Waals surface area contributed by atoms with Crippen LogP contribution in [0.3, 0.4) is 0 Å². The number of rotatable bonds is 3. The van der Waals surface area contributed by atoms with Gasteiger partial charge in [-0.05, 0) is 20.3 Å². The zero-order valence-electron chi connectivity index (χ0n) is 8.56. The zero-order valence-corrected chi connectivity index (χ0v) is 8.56. The van der Waals surface area contributed by atoms with Gasteiger partial charge in [-0.2, -0.15) is 0 Å². The summed E-state index contributed by atoms with van der Waals surface area (Å²) in [6.07, 6.45) is 3.96. The molecule has 1 aliphatic rings. The molecule has 0 aromatic carbocycles. The van der Waals surface area contributed by atoms with Gasteiger partial charge in [0.25, 0.3) is 0 Å². The van der Waals surface area contributed by atoms with E-state index in [-0.39, 0.29) is 0 Å². The zero-order chi connectivity index (χ0) is 8.97. The molecule has 3 unspecified atom stereocenters. The van der Waals surface area contributed by atoms with Gasteiger partial charge in [-0.15, -0.1) is 0 Å². The van der Waals surface area contributed by atoms with Gasteiger partial charge in [-0.3, -0.25) is 0 Å². The second-order valence-electron chi connectivity index (χ2n) is 4.01. The van der Waals surface area contributed by atoms with Crippen LogP contribution >= 0.6 is 0 Å². The number of piperazine rings is 1. The highest BCUT2D eigenvalue weighted by molar-refractivity contribution is 4.87. The van der Waals surface area contributed by atoms with Crippen LogP contribution in [0, 0.1) is 0 Å². The van der Waals surface area contributed by atoms with Crippen molar-refractivity contribution in [3.63, 3.8) is 0 Å². The van der Waals surface area contributed by atoms with E-state index >= 15 is 0 Å². The minimum atomic E-state index is 0.642. The summed E-state index contributed by atoms with van der Waals surface area (Å²) in [5, 5.41) is 7.17. The average Bonchev–Trinajstić information content (AvgIpc) is 2.07. The normalized spacial score (nSPS) is 36.8. The minimum absolute atomic E-state index is 0.642. The predicted octanol–water partition coefficient (Wildman–Crippen LogP) is 1.51. The average molecular weight is 170 g/mol. The molecule has 12 heavy (non-hydrogen) atoms. The molecule has 0 saturated carbocycles. The van der Waals surface area contributed by atoms with Crippen LogP contribution in [0.4, 0.5) is 0 Å². The lowest BCUT2D eigenvalue weighted by Crippen LogP contribution is -2.58. The quantitative estimate of drug-likeness (QED) is 0.671. The van der Waals surface area contributed by atoms with Crippen molar-refractivity contribution in [2.24, 2.45) is 0 Å². The summed E-state index contributed by atoms with van der Waals surface area (Å²) in [5.74, 6) is 0. The third kappa shape index (κ3) is 2.76. The molecule has 2 nitrogen and oxygen atoms in total. The molecule has 3 atom stereocenters. The molecule has 2 heteroatoms. The van der Waals surface area contributed by atoms with Crippen molar-refractivity contribution < 1.29 is 0 Å². The van der Waals surface area contributed by atoms with Crippen LogP contribution in [-0.2, 0) is 0 Å². The lowest BCUT2D eigenvalue weighted by atomic mass is 9.99. The summed E-state index contributed by atoms with van der Waals surface area (Å²) in [4.78, 5) is 0. The fourth-order valence-electron chi connectivity index (χ4n) is 1.83. The SMILES string of the molecule is CCCCC1NC(C)CNC1C. The molecule has 0 radical (unpaired) electrons. The Kier molecular flexibility index (Phi) is 4.02. The fourth-order valence-corrected chi connectivity index (χ4v) is 1.83. The first-order chi connectivity index (χ1) is 5.74. The smallest absolute Gasteiger partial charge is 0.0221 e. The highest BCUT2D eigenvalue weighted by atomic mass is 15.1. The highest BCUT2D eigenvalue weighted by Crippen LogP contribution is 2.09. The summed E-state index contributed by atoms with van der Waals surface area (Å²) < 4.78 is 0. The summed E-state index contributed by atoms with van der Waals surface area (Å²) in [5.41, 5.74) is 0. The molecule has 0 bridgehead atoms. The van der Waals surface area contributed by atoms with Gasteiger partial charge in [-0.25, -0.2) is 0 Å². The van der Waals surface area contributed by atoms with E-state index in [2.05, 4.69) is 31.4 Å². The monoisotopic (exact) mass is 170 g/mol. The van der Waals surface area contributed by atoms with Gasteiger partial charge < -0.3 is 10.6 Å². The highest BCUT2D eigenvalue weighted by Gasteiger charge is 2.22. The molecule has 0 spiro atoms. The Morgan fingerprint density at radius 1 is 1.33 bits per heavy atom. The van der Waals surface area contributed by atoms with Crippen LogP contribution in [-0.4, -0.2) is 24.7 Å². The van der Waals surface area contributed by atoms with Crippen molar-refractivity contribution in [1.82, 2.24) is 10.6 Å². The van der Waals surface area contributed by atoms with Crippen LogP contribution in [0.1, 0.15) is 40.0 Å². The van der Waals surface area contributed by atoms with E-state index in [1.807, 2.05) is 0 Å². The van der Waals surface area contributed by atoms with Crippen molar-refractivity contribution in [1.29, 1.82) is 0 Å². The van der Waals surface area contributed by atoms with Gasteiger partial charge >= 0.3 is 0 Å². The molecule has 0 aliphatic carbocycles. The predicted molar refractivity (Wildman–Crippen MR) is 53.4 cm³/mol. The Balaban J connectivity index is 2.28. The molecule has 1 heterocycles. The van der Waals surface area contributed by atoms with E-state index in [9.17, 15) is 0 Å². The van der Waals surface area contributed by atoms with Crippen molar-refractivity contribution in [2.75, 3.05) is 6.54 Å². The van der Waals surface area contributed by atoms with Crippen LogP contribution in [0.2, 0.25) is 0 Å². The second-order valence-corrected chi connectivity index (χ2v) is 4.01.